The Balaban J connectivity index is 1.52. The summed E-state index contributed by atoms with van der Waals surface area (Å²) in [4.78, 5) is 42.6. The molecule has 1 amide bonds. The highest BCUT2D eigenvalue weighted by atomic mass is 16.2. The van der Waals surface area contributed by atoms with E-state index in [-0.39, 0.29) is 18.4 Å². The number of H-pyrrole nitrogens is 2. The summed E-state index contributed by atoms with van der Waals surface area (Å²) in [5.74, 6) is -0.189. The standard InChI is InChI=1S/C20H26N4O3/c1-14-17(19(26)23-20(27)21-14)12-18(25)22-16-8-5-10-24(13-16)11-9-15-6-3-2-4-7-15/h2-4,6-7,16H,5,8-13H2,1H3,(H,22,25)(H2,21,23,26,27)/t16-/m0/s1. The first-order chi connectivity index (χ1) is 13.0. The Morgan fingerprint density at radius 1 is 1.22 bits per heavy atom. The number of aryl methyl sites for hydroxylation is 1. The lowest BCUT2D eigenvalue weighted by atomic mass is 10.0. The van der Waals surface area contributed by atoms with E-state index in [9.17, 15) is 14.4 Å². The van der Waals surface area contributed by atoms with E-state index in [4.69, 9.17) is 0 Å². The second kappa shape index (κ2) is 8.81. The molecular formula is C20H26N4O3. The zero-order valence-electron chi connectivity index (χ0n) is 15.6. The molecule has 144 valence electrons. The van der Waals surface area contributed by atoms with Crippen molar-refractivity contribution in [3.8, 4) is 0 Å². The van der Waals surface area contributed by atoms with E-state index < -0.39 is 11.2 Å². The van der Waals surface area contributed by atoms with Crippen molar-refractivity contribution in [2.45, 2.75) is 38.6 Å². The van der Waals surface area contributed by atoms with E-state index in [1.54, 1.807) is 6.92 Å². The Morgan fingerprint density at radius 2 is 2.00 bits per heavy atom. The van der Waals surface area contributed by atoms with Crippen LogP contribution in [0.5, 0.6) is 0 Å². The van der Waals surface area contributed by atoms with Crippen molar-refractivity contribution < 1.29 is 4.79 Å². The van der Waals surface area contributed by atoms with Gasteiger partial charge in [-0.2, -0.15) is 0 Å². The number of aromatic amines is 2. The molecule has 0 aliphatic carbocycles. The molecule has 3 rings (SSSR count). The van der Waals surface area contributed by atoms with Crippen LogP contribution in [0.15, 0.2) is 39.9 Å². The van der Waals surface area contributed by atoms with E-state index in [1.165, 1.54) is 5.56 Å². The summed E-state index contributed by atoms with van der Waals surface area (Å²) in [5.41, 5.74) is 1.01. The molecule has 3 N–H and O–H groups in total. The molecule has 0 saturated carbocycles. The number of benzene rings is 1. The third kappa shape index (κ3) is 5.40. The summed E-state index contributed by atoms with van der Waals surface area (Å²) in [7, 11) is 0. The van der Waals surface area contributed by atoms with Crippen LogP contribution in [0.25, 0.3) is 0 Å². The molecule has 1 aliphatic heterocycles. The van der Waals surface area contributed by atoms with E-state index in [2.05, 4.69) is 44.5 Å². The average molecular weight is 370 g/mol. The molecule has 0 radical (unpaired) electrons. The fraction of sp³-hybridized carbons (Fsp3) is 0.450. The van der Waals surface area contributed by atoms with Gasteiger partial charge >= 0.3 is 5.69 Å². The minimum Gasteiger partial charge on any atom is -0.352 e. The van der Waals surface area contributed by atoms with Gasteiger partial charge < -0.3 is 15.2 Å². The Bertz CT molecular complexity index is 888. The predicted octanol–water partition coefficient (Wildman–Crippen LogP) is 0.737. The van der Waals surface area contributed by atoms with Gasteiger partial charge in [-0.05, 0) is 38.3 Å². The fourth-order valence-electron chi connectivity index (χ4n) is 3.59. The largest absolute Gasteiger partial charge is 0.352 e. The number of carbonyl (C=O) groups is 1. The van der Waals surface area contributed by atoms with Gasteiger partial charge in [-0.1, -0.05) is 30.3 Å². The second-order valence-corrected chi connectivity index (χ2v) is 7.13. The van der Waals surface area contributed by atoms with Gasteiger partial charge in [-0.15, -0.1) is 0 Å². The molecule has 27 heavy (non-hydrogen) atoms. The highest BCUT2D eigenvalue weighted by Crippen LogP contribution is 2.12. The summed E-state index contributed by atoms with van der Waals surface area (Å²) in [5, 5.41) is 3.04. The number of hydrogen-bond donors (Lipinski definition) is 3. The SMILES string of the molecule is Cc1[nH]c(=O)[nH]c(=O)c1CC(=O)N[C@H]1CCCN(CCc2ccccc2)C1. The van der Waals surface area contributed by atoms with Crippen LogP contribution >= 0.6 is 0 Å². The lowest BCUT2D eigenvalue weighted by Crippen LogP contribution is -2.48. The maximum atomic E-state index is 12.4. The predicted molar refractivity (Wildman–Crippen MR) is 104 cm³/mol. The normalized spacial score (nSPS) is 17.6. The van der Waals surface area contributed by atoms with Gasteiger partial charge in [0.2, 0.25) is 5.91 Å². The maximum absolute atomic E-state index is 12.4. The topological polar surface area (TPSA) is 98.1 Å². The number of nitrogens with zero attached hydrogens (tertiary/aromatic N) is 1. The molecule has 2 aromatic rings. The van der Waals surface area contributed by atoms with Gasteiger partial charge in [-0.3, -0.25) is 14.6 Å². The van der Waals surface area contributed by atoms with Crippen molar-refractivity contribution in [2.75, 3.05) is 19.6 Å². The summed E-state index contributed by atoms with van der Waals surface area (Å²) >= 11 is 0. The average Bonchev–Trinajstić information content (AvgIpc) is 2.64. The zero-order valence-corrected chi connectivity index (χ0v) is 15.6. The van der Waals surface area contributed by atoms with E-state index in [1.807, 2.05) is 6.07 Å². The first kappa shape index (κ1) is 19.1. The van der Waals surface area contributed by atoms with Crippen LogP contribution in [-0.4, -0.2) is 46.5 Å². The van der Waals surface area contributed by atoms with Crippen molar-refractivity contribution in [1.29, 1.82) is 0 Å². The number of rotatable bonds is 6. The van der Waals surface area contributed by atoms with Crippen molar-refractivity contribution in [3.05, 3.63) is 68.0 Å². The highest BCUT2D eigenvalue weighted by molar-refractivity contribution is 5.79. The van der Waals surface area contributed by atoms with E-state index in [0.717, 1.165) is 38.9 Å². The van der Waals surface area contributed by atoms with Crippen molar-refractivity contribution in [3.63, 3.8) is 0 Å². The number of likely N-dealkylation sites (tertiary alicyclic amines) is 1. The van der Waals surface area contributed by atoms with E-state index in [0.29, 0.717) is 11.3 Å². The molecule has 1 aromatic carbocycles. The Kier molecular flexibility index (Phi) is 6.24. The lowest BCUT2D eigenvalue weighted by Gasteiger charge is -2.33. The van der Waals surface area contributed by atoms with E-state index >= 15 is 0 Å². The second-order valence-electron chi connectivity index (χ2n) is 7.13. The number of nitrogens with one attached hydrogen (secondary N) is 3. The minimum atomic E-state index is -0.553. The summed E-state index contributed by atoms with van der Waals surface area (Å²) in [6.45, 7) is 4.46. The van der Waals surface area contributed by atoms with Crippen molar-refractivity contribution in [2.24, 2.45) is 0 Å². The molecule has 0 bridgehead atoms. The number of hydrogen-bond acceptors (Lipinski definition) is 4. The first-order valence-electron chi connectivity index (χ1n) is 9.39. The number of carbonyl (C=O) groups excluding carboxylic acids is 1. The zero-order chi connectivity index (χ0) is 19.2. The molecule has 2 heterocycles. The van der Waals surface area contributed by atoms with Crippen molar-refractivity contribution >= 4 is 5.91 Å². The first-order valence-corrected chi connectivity index (χ1v) is 9.39. The van der Waals surface area contributed by atoms with Gasteiger partial charge in [0.1, 0.15) is 0 Å². The Morgan fingerprint density at radius 3 is 2.74 bits per heavy atom. The fourth-order valence-corrected chi connectivity index (χ4v) is 3.59. The number of aromatic nitrogens is 2. The van der Waals surface area contributed by atoms with Gasteiger partial charge in [0.25, 0.3) is 5.56 Å². The molecule has 1 aromatic heterocycles. The molecular weight excluding hydrogens is 344 g/mol. The molecule has 0 spiro atoms. The number of piperidine rings is 1. The molecule has 0 unspecified atom stereocenters. The van der Waals surface area contributed by atoms with Crippen LogP contribution in [0.2, 0.25) is 0 Å². The monoisotopic (exact) mass is 370 g/mol. The van der Waals surface area contributed by atoms with Crippen LogP contribution in [0.4, 0.5) is 0 Å². The smallest absolute Gasteiger partial charge is 0.325 e. The van der Waals surface area contributed by atoms with Crippen molar-refractivity contribution in [1.82, 2.24) is 20.2 Å². The van der Waals surface area contributed by atoms with Gasteiger partial charge in [0.05, 0.1) is 6.42 Å². The summed E-state index contributed by atoms with van der Waals surface area (Å²) in [6, 6.07) is 10.5. The van der Waals surface area contributed by atoms with Crippen LogP contribution in [0.3, 0.4) is 0 Å². The van der Waals surface area contributed by atoms with Gasteiger partial charge in [0.15, 0.2) is 0 Å². The third-order valence-corrected chi connectivity index (χ3v) is 5.02. The van der Waals surface area contributed by atoms with Crippen LogP contribution in [0.1, 0.15) is 29.7 Å². The quantitative estimate of drug-likeness (QED) is 0.698. The summed E-state index contributed by atoms with van der Waals surface area (Å²) < 4.78 is 0. The molecule has 7 nitrogen and oxygen atoms in total. The molecule has 1 aliphatic rings. The molecule has 1 atom stereocenters. The molecule has 7 heteroatoms. The van der Waals surface area contributed by atoms with Crippen LogP contribution in [0, 0.1) is 6.92 Å². The maximum Gasteiger partial charge on any atom is 0.325 e. The Labute approximate surface area is 157 Å². The molecule has 1 saturated heterocycles. The Hall–Kier alpha value is -2.67. The van der Waals surface area contributed by atoms with Gasteiger partial charge in [0, 0.05) is 30.4 Å². The summed E-state index contributed by atoms with van der Waals surface area (Å²) in [6.07, 6.45) is 2.94. The van der Waals surface area contributed by atoms with Crippen LogP contribution in [-0.2, 0) is 17.6 Å². The van der Waals surface area contributed by atoms with Gasteiger partial charge in [-0.25, -0.2) is 4.79 Å². The number of amides is 1. The minimum absolute atomic E-state index is 0.0293. The molecule has 1 fully saturated rings. The third-order valence-electron chi connectivity index (χ3n) is 5.02. The van der Waals surface area contributed by atoms with Crippen LogP contribution < -0.4 is 16.6 Å². The lowest BCUT2D eigenvalue weighted by molar-refractivity contribution is -0.121. The highest BCUT2D eigenvalue weighted by Gasteiger charge is 2.22.